The van der Waals surface area contributed by atoms with E-state index in [9.17, 15) is 0 Å². The Bertz CT molecular complexity index is 187. The van der Waals surface area contributed by atoms with Crippen molar-refractivity contribution in [2.45, 2.75) is 13.3 Å². The van der Waals surface area contributed by atoms with Crippen LogP contribution in [0.2, 0.25) is 0 Å². The molecule has 0 saturated carbocycles. The summed E-state index contributed by atoms with van der Waals surface area (Å²) in [6.07, 6.45) is 7.42. The van der Waals surface area contributed by atoms with Gasteiger partial charge in [-0.2, -0.15) is 0 Å². The minimum Gasteiger partial charge on any atom is -0.126 e. The van der Waals surface area contributed by atoms with E-state index in [1.54, 1.807) is 0 Å². The van der Waals surface area contributed by atoms with Gasteiger partial charge in [0.15, 0.2) is 0 Å². The van der Waals surface area contributed by atoms with Crippen LogP contribution >= 0.6 is 11.8 Å². The fourth-order valence-corrected chi connectivity index (χ4v) is 2.06. The average molecular weight is 152 g/mol. The summed E-state index contributed by atoms with van der Waals surface area (Å²) in [5.74, 6) is 1.22. The van der Waals surface area contributed by atoms with E-state index in [2.05, 4.69) is 25.7 Å². The Labute approximate surface area is 66.7 Å². The molecule has 0 aromatic heterocycles. The van der Waals surface area contributed by atoms with Gasteiger partial charge in [-0.1, -0.05) is 24.8 Å². The molecule has 10 heavy (non-hydrogen) atoms. The molecule has 1 aliphatic rings. The molecule has 0 aromatic carbocycles. The first-order valence-electron chi connectivity index (χ1n) is 3.49. The Balaban J connectivity index is 2.77. The van der Waals surface area contributed by atoms with Gasteiger partial charge in [0.2, 0.25) is 0 Å². The van der Waals surface area contributed by atoms with Crippen molar-refractivity contribution < 1.29 is 0 Å². The highest BCUT2D eigenvalue weighted by Gasteiger charge is 2.08. The molecule has 0 nitrogen and oxygen atoms in total. The maximum absolute atomic E-state index is 3.76. The Morgan fingerprint density at radius 2 is 2.40 bits per heavy atom. The van der Waals surface area contributed by atoms with E-state index in [0.29, 0.717) is 0 Å². The Morgan fingerprint density at radius 1 is 1.60 bits per heavy atom. The van der Waals surface area contributed by atoms with E-state index in [1.165, 1.54) is 22.7 Å². The molecule has 0 aromatic rings. The van der Waals surface area contributed by atoms with Gasteiger partial charge in [-0.15, -0.1) is 11.8 Å². The summed E-state index contributed by atoms with van der Waals surface area (Å²) < 4.78 is 0. The summed E-state index contributed by atoms with van der Waals surface area (Å²) in [4.78, 5) is 1.36. The molecule has 1 rings (SSSR count). The molecule has 0 aliphatic carbocycles. The average Bonchev–Trinajstić information content (AvgIpc) is 2.36. The molecule has 0 unspecified atom stereocenters. The summed E-state index contributed by atoms with van der Waals surface area (Å²) in [5.41, 5.74) is 1.45. The minimum absolute atomic E-state index is 1.20. The molecule has 0 bridgehead atoms. The van der Waals surface area contributed by atoms with Crippen LogP contribution in [-0.2, 0) is 0 Å². The zero-order valence-corrected chi connectivity index (χ0v) is 7.08. The van der Waals surface area contributed by atoms with Gasteiger partial charge in [-0.25, -0.2) is 0 Å². The summed E-state index contributed by atoms with van der Waals surface area (Å²) in [6.45, 7) is 5.81. The van der Waals surface area contributed by atoms with Crippen LogP contribution in [0, 0.1) is 0 Å². The molecule has 0 amide bonds. The number of hydrogen-bond donors (Lipinski definition) is 0. The van der Waals surface area contributed by atoms with E-state index in [1.807, 2.05) is 17.8 Å². The number of hydrogen-bond acceptors (Lipinski definition) is 1. The van der Waals surface area contributed by atoms with Crippen molar-refractivity contribution >= 4 is 11.8 Å². The highest BCUT2D eigenvalue weighted by Crippen LogP contribution is 2.32. The third-order valence-electron chi connectivity index (χ3n) is 1.50. The molecule has 0 fully saturated rings. The highest BCUT2D eigenvalue weighted by molar-refractivity contribution is 8.03. The largest absolute Gasteiger partial charge is 0.126 e. The van der Waals surface area contributed by atoms with Crippen LogP contribution in [0.3, 0.4) is 0 Å². The monoisotopic (exact) mass is 152 g/mol. The standard InChI is InChI=1S/C9H12S/c1-3-5-8-6-7-10-9(8)4-2/h3-5H,2,6-7H2,1H3/b5-3-. The quantitative estimate of drug-likeness (QED) is 0.585. The first-order valence-corrected chi connectivity index (χ1v) is 4.48. The van der Waals surface area contributed by atoms with Crippen molar-refractivity contribution in [1.29, 1.82) is 0 Å². The Morgan fingerprint density at radius 3 is 3.00 bits per heavy atom. The van der Waals surface area contributed by atoms with Crippen molar-refractivity contribution in [3.8, 4) is 0 Å². The van der Waals surface area contributed by atoms with Crippen molar-refractivity contribution in [2.75, 3.05) is 5.75 Å². The van der Waals surface area contributed by atoms with Gasteiger partial charge in [-0.3, -0.25) is 0 Å². The van der Waals surface area contributed by atoms with E-state index in [4.69, 9.17) is 0 Å². The lowest BCUT2D eigenvalue weighted by atomic mass is 10.2. The first-order chi connectivity index (χ1) is 4.88. The van der Waals surface area contributed by atoms with Gasteiger partial charge in [0.1, 0.15) is 0 Å². The van der Waals surface area contributed by atoms with E-state index in [-0.39, 0.29) is 0 Å². The lowest BCUT2D eigenvalue weighted by Crippen LogP contribution is -1.73. The number of allylic oxidation sites excluding steroid dienone is 4. The smallest absolute Gasteiger partial charge is 0.00984 e. The third-order valence-corrected chi connectivity index (χ3v) is 2.65. The van der Waals surface area contributed by atoms with Crippen molar-refractivity contribution in [1.82, 2.24) is 0 Å². The zero-order valence-electron chi connectivity index (χ0n) is 6.26. The molecule has 0 spiro atoms. The van der Waals surface area contributed by atoms with Crippen LogP contribution in [0.5, 0.6) is 0 Å². The molecule has 54 valence electrons. The Kier molecular flexibility index (Phi) is 2.82. The van der Waals surface area contributed by atoms with Crippen LogP contribution in [0.4, 0.5) is 0 Å². The number of thioether (sulfide) groups is 1. The maximum Gasteiger partial charge on any atom is 0.00984 e. The van der Waals surface area contributed by atoms with Crippen molar-refractivity contribution in [3.63, 3.8) is 0 Å². The molecular formula is C9H12S. The topological polar surface area (TPSA) is 0 Å². The van der Waals surface area contributed by atoms with E-state index < -0.39 is 0 Å². The zero-order chi connectivity index (χ0) is 7.40. The predicted molar refractivity (Wildman–Crippen MR) is 49.1 cm³/mol. The number of rotatable bonds is 2. The predicted octanol–water partition coefficient (Wildman–Crippen LogP) is 3.14. The van der Waals surface area contributed by atoms with Crippen molar-refractivity contribution in [3.05, 3.63) is 35.3 Å². The molecule has 0 saturated heterocycles. The molecule has 0 radical (unpaired) electrons. The van der Waals surface area contributed by atoms with Crippen LogP contribution in [0.15, 0.2) is 35.3 Å². The molecule has 0 N–H and O–H groups in total. The van der Waals surface area contributed by atoms with E-state index >= 15 is 0 Å². The SMILES string of the molecule is C=CC1=C(/C=C\C)CCS1. The summed E-state index contributed by atoms with van der Waals surface area (Å²) in [5, 5.41) is 0. The van der Waals surface area contributed by atoms with Crippen LogP contribution in [0.1, 0.15) is 13.3 Å². The lowest BCUT2D eigenvalue weighted by Gasteiger charge is -1.92. The van der Waals surface area contributed by atoms with Crippen LogP contribution < -0.4 is 0 Å². The van der Waals surface area contributed by atoms with Gasteiger partial charge >= 0.3 is 0 Å². The van der Waals surface area contributed by atoms with Gasteiger partial charge < -0.3 is 0 Å². The van der Waals surface area contributed by atoms with Crippen molar-refractivity contribution in [2.24, 2.45) is 0 Å². The van der Waals surface area contributed by atoms with Gasteiger partial charge in [-0.05, 0) is 18.9 Å². The summed E-state index contributed by atoms with van der Waals surface area (Å²) >= 11 is 1.90. The van der Waals surface area contributed by atoms with Gasteiger partial charge in [0.25, 0.3) is 0 Å². The fraction of sp³-hybridized carbons (Fsp3) is 0.333. The molecule has 1 heteroatoms. The second-order valence-corrected chi connectivity index (χ2v) is 3.33. The Hall–Kier alpha value is -0.430. The molecule has 1 heterocycles. The highest BCUT2D eigenvalue weighted by atomic mass is 32.2. The second kappa shape index (κ2) is 3.67. The molecule has 1 aliphatic heterocycles. The van der Waals surface area contributed by atoms with E-state index in [0.717, 1.165) is 0 Å². The first kappa shape index (κ1) is 7.67. The summed E-state index contributed by atoms with van der Waals surface area (Å²) in [6, 6.07) is 0. The van der Waals surface area contributed by atoms with Gasteiger partial charge in [0, 0.05) is 10.7 Å². The second-order valence-electron chi connectivity index (χ2n) is 2.19. The van der Waals surface area contributed by atoms with Gasteiger partial charge in [0.05, 0.1) is 0 Å². The van der Waals surface area contributed by atoms with Crippen LogP contribution in [-0.4, -0.2) is 5.75 Å². The normalized spacial score (nSPS) is 18.9. The third kappa shape index (κ3) is 1.54. The summed E-state index contributed by atoms with van der Waals surface area (Å²) in [7, 11) is 0. The lowest BCUT2D eigenvalue weighted by molar-refractivity contribution is 1.19. The maximum atomic E-state index is 3.76. The molecule has 0 atom stereocenters. The molecular weight excluding hydrogens is 140 g/mol. The minimum atomic E-state index is 1.20. The van der Waals surface area contributed by atoms with Crippen LogP contribution in [0.25, 0.3) is 0 Å². The fourth-order valence-electron chi connectivity index (χ4n) is 1.04.